The molecule has 0 aromatic carbocycles. The highest BCUT2D eigenvalue weighted by molar-refractivity contribution is 5.78. The molecule has 1 saturated heterocycles. The second-order valence-corrected chi connectivity index (χ2v) is 6.29. The van der Waals surface area contributed by atoms with Crippen LogP contribution in [-0.4, -0.2) is 36.8 Å². The van der Waals surface area contributed by atoms with Gasteiger partial charge in [0.05, 0.1) is 0 Å². The Balaban J connectivity index is 2.31. The van der Waals surface area contributed by atoms with E-state index in [1.54, 1.807) is 0 Å². The monoisotopic (exact) mass is 256 g/mol. The van der Waals surface area contributed by atoms with Gasteiger partial charge in [0.1, 0.15) is 0 Å². The van der Waals surface area contributed by atoms with Crippen molar-refractivity contribution in [2.24, 2.45) is 11.3 Å². The van der Waals surface area contributed by atoms with Gasteiger partial charge in [-0.25, -0.2) is 0 Å². The number of hydrogen-bond acceptors (Lipinski definition) is 3. The molecule has 0 spiro atoms. The number of piperidine rings is 1. The van der Waals surface area contributed by atoms with E-state index in [2.05, 4.69) is 31.4 Å². The van der Waals surface area contributed by atoms with Crippen LogP contribution in [0.2, 0.25) is 0 Å². The molecule has 4 nitrogen and oxygen atoms in total. The number of aliphatic hydroxyl groups is 1. The number of carbonyl (C=O) groups is 1. The molecule has 1 aliphatic heterocycles. The first-order valence-corrected chi connectivity index (χ1v) is 7.06. The van der Waals surface area contributed by atoms with E-state index < -0.39 is 0 Å². The zero-order valence-corrected chi connectivity index (χ0v) is 12.0. The molecule has 1 fully saturated rings. The zero-order valence-electron chi connectivity index (χ0n) is 12.0. The molecule has 106 valence electrons. The fourth-order valence-corrected chi connectivity index (χ4v) is 2.49. The summed E-state index contributed by atoms with van der Waals surface area (Å²) in [7, 11) is 0. The van der Waals surface area contributed by atoms with E-state index >= 15 is 0 Å². The molecule has 0 aliphatic carbocycles. The molecule has 4 heteroatoms. The quantitative estimate of drug-likeness (QED) is 0.671. The normalized spacial score (nSPS) is 24.9. The molecule has 2 atom stereocenters. The summed E-state index contributed by atoms with van der Waals surface area (Å²) in [5, 5.41) is 15.3. The lowest BCUT2D eigenvalue weighted by Gasteiger charge is -2.29. The van der Waals surface area contributed by atoms with Gasteiger partial charge < -0.3 is 15.7 Å². The lowest BCUT2D eigenvalue weighted by molar-refractivity contribution is -0.126. The van der Waals surface area contributed by atoms with Crippen LogP contribution in [0.4, 0.5) is 0 Å². The van der Waals surface area contributed by atoms with Gasteiger partial charge in [0.2, 0.25) is 5.91 Å². The van der Waals surface area contributed by atoms with Crippen LogP contribution in [0.3, 0.4) is 0 Å². The maximum Gasteiger partial charge on any atom is 0.223 e. The summed E-state index contributed by atoms with van der Waals surface area (Å²) >= 11 is 0. The van der Waals surface area contributed by atoms with Crippen LogP contribution in [0.25, 0.3) is 0 Å². The summed E-state index contributed by atoms with van der Waals surface area (Å²) in [6.07, 6.45) is 3.61. The van der Waals surface area contributed by atoms with E-state index in [4.69, 9.17) is 5.11 Å². The van der Waals surface area contributed by atoms with Crippen molar-refractivity contribution in [2.45, 2.75) is 52.5 Å². The summed E-state index contributed by atoms with van der Waals surface area (Å²) in [6, 6.07) is 0.442. The first-order chi connectivity index (χ1) is 8.44. The molecule has 1 aliphatic rings. The van der Waals surface area contributed by atoms with Crippen molar-refractivity contribution >= 4 is 5.91 Å². The first-order valence-electron chi connectivity index (χ1n) is 7.06. The summed E-state index contributed by atoms with van der Waals surface area (Å²) in [4.78, 5) is 12.1. The molecule has 0 aromatic heterocycles. The minimum atomic E-state index is 0.0664. The fourth-order valence-electron chi connectivity index (χ4n) is 2.49. The number of amides is 1. The lowest BCUT2D eigenvalue weighted by Crippen LogP contribution is -2.44. The van der Waals surface area contributed by atoms with Crippen molar-refractivity contribution < 1.29 is 9.90 Å². The van der Waals surface area contributed by atoms with Crippen LogP contribution in [0.15, 0.2) is 0 Å². The Hall–Kier alpha value is -0.610. The van der Waals surface area contributed by atoms with Gasteiger partial charge in [-0.1, -0.05) is 13.8 Å². The lowest BCUT2D eigenvalue weighted by atomic mass is 9.87. The number of nitrogens with one attached hydrogen (secondary N) is 2. The predicted molar refractivity (Wildman–Crippen MR) is 73.3 cm³/mol. The highest BCUT2D eigenvalue weighted by Crippen LogP contribution is 2.22. The van der Waals surface area contributed by atoms with Gasteiger partial charge in [0.25, 0.3) is 0 Å². The summed E-state index contributed by atoms with van der Waals surface area (Å²) in [5.41, 5.74) is 0.0664. The summed E-state index contributed by atoms with van der Waals surface area (Å²) < 4.78 is 0. The second kappa shape index (κ2) is 7.10. The molecule has 18 heavy (non-hydrogen) atoms. The molecule has 0 bridgehead atoms. The predicted octanol–water partition coefficient (Wildman–Crippen LogP) is 1.29. The molecule has 0 saturated carbocycles. The van der Waals surface area contributed by atoms with Crippen LogP contribution in [0.5, 0.6) is 0 Å². The molecule has 1 rings (SSSR count). The highest BCUT2D eigenvalue weighted by atomic mass is 16.2. The van der Waals surface area contributed by atoms with Crippen LogP contribution in [0, 0.1) is 11.3 Å². The van der Waals surface area contributed by atoms with Crippen molar-refractivity contribution in [1.29, 1.82) is 0 Å². The maximum absolute atomic E-state index is 12.1. The van der Waals surface area contributed by atoms with Crippen LogP contribution in [-0.2, 0) is 4.79 Å². The van der Waals surface area contributed by atoms with Crippen molar-refractivity contribution in [3.63, 3.8) is 0 Å². The highest BCUT2D eigenvalue weighted by Gasteiger charge is 2.26. The zero-order chi connectivity index (χ0) is 13.6. The third-order valence-electron chi connectivity index (χ3n) is 3.75. The van der Waals surface area contributed by atoms with Crippen LogP contribution < -0.4 is 10.6 Å². The standard InChI is InChI=1S/C14H28N2O2/c1-11-9-12(5-7-15-11)13(18)16-10-14(2,3)6-4-8-17/h11-12,15,17H,4-10H2,1-3H3,(H,16,18). The Bertz CT molecular complexity index is 267. The van der Waals surface area contributed by atoms with Crippen molar-refractivity contribution in [1.82, 2.24) is 10.6 Å². The van der Waals surface area contributed by atoms with E-state index in [9.17, 15) is 4.79 Å². The number of carbonyl (C=O) groups excluding carboxylic acids is 1. The number of rotatable bonds is 6. The second-order valence-electron chi connectivity index (χ2n) is 6.29. The minimum Gasteiger partial charge on any atom is -0.396 e. The summed E-state index contributed by atoms with van der Waals surface area (Å²) in [5.74, 6) is 0.357. The van der Waals surface area contributed by atoms with Gasteiger partial charge in [0.15, 0.2) is 0 Å². The Kier molecular flexibility index (Phi) is 6.09. The molecular weight excluding hydrogens is 228 g/mol. The Morgan fingerprint density at radius 2 is 2.22 bits per heavy atom. The fraction of sp³-hybridized carbons (Fsp3) is 0.929. The average molecular weight is 256 g/mol. The molecule has 3 N–H and O–H groups in total. The maximum atomic E-state index is 12.1. The SMILES string of the molecule is CC1CC(C(=O)NCC(C)(C)CCCO)CCN1. The summed E-state index contributed by atoms with van der Waals surface area (Å²) in [6.45, 7) is 8.26. The van der Waals surface area contributed by atoms with Crippen LogP contribution in [0.1, 0.15) is 46.5 Å². The molecular formula is C14H28N2O2. The van der Waals surface area contributed by atoms with Gasteiger partial charge >= 0.3 is 0 Å². The van der Waals surface area contributed by atoms with E-state index in [0.29, 0.717) is 12.6 Å². The van der Waals surface area contributed by atoms with E-state index in [-0.39, 0.29) is 23.8 Å². The van der Waals surface area contributed by atoms with Crippen molar-refractivity contribution in [2.75, 3.05) is 19.7 Å². The van der Waals surface area contributed by atoms with Gasteiger partial charge in [-0.2, -0.15) is 0 Å². The van der Waals surface area contributed by atoms with E-state index in [0.717, 1.165) is 32.2 Å². The van der Waals surface area contributed by atoms with E-state index in [1.807, 2.05) is 0 Å². The smallest absolute Gasteiger partial charge is 0.223 e. The van der Waals surface area contributed by atoms with Gasteiger partial charge in [-0.05, 0) is 44.6 Å². The van der Waals surface area contributed by atoms with Gasteiger partial charge in [0, 0.05) is 25.1 Å². The largest absolute Gasteiger partial charge is 0.396 e. The average Bonchev–Trinajstić information content (AvgIpc) is 2.34. The van der Waals surface area contributed by atoms with Gasteiger partial charge in [-0.3, -0.25) is 4.79 Å². The minimum absolute atomic E-state index is 0.0664. The Labute approximate surface area is 111 Å². The molecule has 1 amide bonds. The number of aliphatic hydroxyl groups excluding tert-OH is 1. The third kappa shape index (κ3) is 5.36. The molecule has 0 aromatic rings. The van der Waals surface area contributed by atoms with Crippen molar-refractivity contribution in [3.8, 4) is 0 Å². The molecule has 0 radical (unpaired) electrons. The molecule has 2 unspecified atom stereocenters. The first kappa shape index (κ1) is 15.4. The third-order valence-corrected chi connectivity index (χ3v) is 3.75. The van der Waals surface area contributed by atoms with Crippen molar-refractivity contribution in [3.05, 3.63) is 0 Å². The van der Waals surface area contributed by atoms with E-state index in [1.165, 1.54) is 0 Å². The molecule has 1 heterocycles. The topological polar surface area (TPSA) is 61.4 Å². The Morgan fingerprint density at radius 3 is 2.83 bits per heavy atom. The Morgan fingerprint density at radius 1 is 1.50 bits per heavy atom. The van der Waals surface area contributed by atoms with Gasteiger partial charge in [-0.15, -0.1) is 0 Å². The van der Waals surface area contributed by atoms with Crippen LogP contribution >= 0.6 is 0 Å². The number of hydrogen-bond donors (Lipinski definition) is 3.